The summed E-state index contributed by atoms with van der Waals surface area (Å²) in [5.74, 6) is -0.0984. The van der Waals surface area contributed by atoms with Crippen LogP contribution in [0.15, 0.2) is 53.7 Å². The summed E-state index contributed by atoms with van der Waals surface area (Å²) in [6.07, 6.45) is 3.78. The molecular formula is C16H15N3OS. The van der Waals surface area contributed by atoms with Crippen molar-refractivity contribution < 1.29 is 4.79 Å². The van der Waals surface area contributed by atoms with E-state index < -0.39 is 0 Å². The van der Waals surface area contributed by atoms with E-state index in [-0.39, 0.29) is 5.91 Å². The lowest BCUT2D eigenvalue weighted by Crippen LogP contribution is -2.20. The van der Waals surface area contributed by atoms with Crippen LogP contribution in [0, 0.1) is 0 Å². The number of carbonyl (C=O) groups is 1. The van der Waals surface area contributed by atoms with E-state index in [9.17, 15) is 4.79 Å². The molecule has 4 nitrogen and oxygen atoms in total. The minimum absolute atomic E-state index is 0.0984. The number of fused-ring (bicyclic) bond motifs is 1. The maximum atomic E-state index is 12.2. The lowest BCUT2D eigenvalue weighted by atomic mass is 10.1. The molecule has 0 saturated heterocycles. The van der Waals surface area contributed by atoms with E-state index in [4.69, 9.17) is 0 Å². The first-order chi connectivity index (χ1) is 10.3. The van der Waals surface area contributed by atoms with Gasteiger partial charge in [-0.3, -0.25) is 9.36 Å². The fourth-order valence-corrected chi connectivity index (χ4v) is 3.01. The predicted octanol–water partition coefficient (Wildman–Crippen LogP) is 3.11. The molecule has 3 aromatic rings. The van der Waals surface area contributed by atoms with Crippen molar-refractivity contribution in [2.75, 3.05) is 13.3 Å². The van der Waals surface area contributed by atoms with Crippen LogP contribution in [0.1, 0.15) is 10.4 Å². The Kier molecular flexibility index (Phi) is 3.66. The van der Waals surface area contributed by atoms with E-state index in [1.807, 2.05) is 53.3 Å². The molecule has 1 N–H and O–H groups in total. The summed E-state index contributed by atoms with van der Waals surface area (Å²) < 4.78 is 1.98. The van der Waals surface area contributed by atoms with E-state index in [2.05, 4.69) is 10.3 Å². The Balaban J connectivity index is 2.32. The third-order valence-electron chi connectivity index (χ3n) is 3.39. The Labute approximate surface area is 127 Å². The predicted molar refractivity (Wildman–Crippen MR) is 86.2 cm³/mol. The minimum atomic E-state index is -0.0984. The number of rotatable bonds is 3. The molecule has 1 aromatic heterocycles. The minimum Gasteiger partial charge on any atom is -0.355 e. The fraction of sp³-hybridized carbons (Fsp3) is 0.125. The quantitative estimate of drug-likeness (QED) is 0.756. The van der Waals surface area contributed by atoms with Gasteiger partial charge in [-0.15, -0.1) is 11.8 Å². The number of hydrogen-bond donors (Lipinski definition) is 1. The number of amides is 1. The molecule has 21 heavy (non-hydrogen) atoms. The second-order valence-corrected chi connectivity index (χ2v) is 5.39. The highest BCUT2D eigenvalue weighted by atomic mass is 32.2. The summed E-state index contributed by atoms with van der Waals surface area (Å²) in [5.41, 5.74) is 3.42. The van der Waals surface area contributed by atoms with E-state index >= 15 is 0 Å². The number of aromatic nitrogens is 2. The van der Waals surface area contributed by atoms with Crippen LogP contribution >= 0.6 is 11.8 Å². The molecule has 106 valence electrons. The van der Waals surface area contributed by atoms with Crippen molar-refractivity contribution in [2.24, 2.45) is 0 Å². The Bertz CT molecular complexity index is 810. The van der Waals surface area contributed by atoms with Crippen molar-refractivity contribution in [3.8, 4) is 5.69 Å². The zero-order valence-electron chi connectivity index (χ0n) is 11.8. The van der Waals surface area contributed by atoms with Crippen molar-refractivity contribution in [1.82, 2.24) is 14.9 Å². The van der Waals surface area contributed by atoms with Gasteiger partial charge in [-0.05, 0) is 30.5 Å². The van der Waals surface area contributed by atoms with Crippen molar-refractivity contribution in [3.05, 3.63) is 54.4 Å². The monoisotopic (exact) mass is 297 g/mol. The molecule has 0 aliphatic heterocycles. The van der Waals surface area contributed by atoms with Gasteiger partial charge in [-0.1, -0.05) is 18.2 Å². The number of thioether (sulfide) groups is 1. The topological polar surface area (TPSA) is 46.9 Å². The van der Waals surface area contributed by atoms with Crippen LogP contribution < -0.4 is 5.32 Å². The molecule has 0 atom stereocenters. The van der Waals surface area contributed by atoms with E-state index in [0.29, 0.717) is 5.56 Å². The lowest BCUT2D eigenvalue weighted by Gasteiger charge is -2.14. The first-order valence-corrected chi connectivity index (χ1v) is 7.80. The number of nitrogens with one attached hydrogen (secondary N) is 1. The molecule has 0 aliphatic rings. The summed E-state index contributed by atoms with van der Waals surface area (Å²) >= 11 is 1.62. The molecule has 0 saturated carbocycles. The molecule has 1 heterocycles. The summed E-state index contributed by atoms with van der Waals surface area (Å²) in [6.45, 7) is 0. The molecule has 5 heteroatoms. The van der Waals surface area contributed by atoms with Crippen molar-refractivity contribution in [1.29, 1.82) is 0 Å². The zero-order valence-corrected chi connectivity index (χ0v) is 12.6. The molecule has 0 bridgehead atoms. The summed E-state index contributed by atoms with van der Waals surface area (Å²) in [7, 11) is 1.64. The van der Waals surface area contributed by atoms with Crippen LogP contribution in [-0.4, -0.2) is 28.8 Å². The Morgan fingerprint density at radius 1 is 1.19 bits per heavy atom. The molecule has 1 amide bonds. The number of hydrogen-bond acceptors (Lipinski definition) is 3. The highest BCUT2D eigenvalue weighted by molar-refractivity contribution is 7.98. The average molecular weight is 297 g/mol. The van der Waals surface area contributed by atoms with Gasteiger partial charge in [0.1, 0.15) is 6.33 Å². The largest absolute Gasteiger partial charge is 0.355 e. The van der Waals surface area contributed by atoms with Gasteiger partial charge in [0.2, 0.25) is 0 Å². The van der Waals surface area contributed by atoms with Crippen LogP contribution in [0.25, 0.3) is 16.7 Å². The SMILES string of the molecule is CNC(=O)c1cccc(SC)c1-n1cnc2ccccc21. The molecule has 0 radical (unpaired) electrons. The van der Waals surface area contributed by atoms with Crippen LogP contribution in [0.3, 0.4) is 0 Å². The Morgan fingerprint density at radius 2 is 2.00 bits per heavy atom. The maximum absolute atomic E-state index is 12.2. The number of carbonyl (C=O) groups excluding carboxylic acids is 1. The normalized spacial score (nSPS) is 10.8. The molecule has 0 spiro atoms. The van der Waals surface area contributed by atoms with Gasteiger partial charge in [0, 0.05) is 11.9 Å². The zero-order chi connectivity index (χ0) is 14.8. The first kappa shape index (κ1) is 13.7. The maximum Gasteiger partial charge on any atom is 0.253 e. The first-order valence-electron chi connectivity index (χ1n) is 6.58. The van der Waals surface area contributed by atoms with Crippen LogP contribution in [0.2, 0.25) is 0 Å². The highest BCUT2D eigenvalue weighted by Gasteiger charge is 2.17. The van der Waals surface area contributed by atoms with Gasteiger partial charge < -0.3 is 5.32 Å². The number of benzene rings is 2. The van der Waals surface area contributed by atoms with Gasteiger partial charge in [0.05, 0.1) is 22.3 Å². The van der Waals surface area contributed by atoms with E-state index in [1.54, 1.807) is 25.1 Å². The number of nitrogens with zero attached hydrogens (tertiary/aromatic N) is 2. The van der Waals surface area contributed by atoms with Gasteiger partial charge in [-0.25, -0.2) is 4.98 Å². The second-order valence-electron chi connectivity index (χ2n) is 4.54. The van der Waals surface area contributed by atoms with Crippen molar-refractivity contribution in [3.63, 3.8) is 0 Å². The average Bonchev–Trinajstić information content (AvgIpc) is 2.97. The van der Waals surface area contributed by atoms with Crippen LogP contribution in [-0.2, 0) is 0 Å². The van der Waals surface area contributed by atoms with E-state index in [1.165, 1.54) is 0 Å². The van der Waals surface area contributed by atoms with Crippen molar-refractivity contribution in [2.45, 2.75) is 4.90 Å². The lowest BCUT2D eigenvalue weighted by molar-refractivity contribution is 0.0963. The molecular weight excluding hydrogens is 282 g/mol. The molecule has 0 fully saturated rings. The van der Waals surface area contributed by atoms with Gasteiger partial charge in [-0.2, -0.15) is 0 Å². The fourth-order valence-electron chi connectivity index (χ4n) is 2.39. The number of para-hydroxylation sites is 3. The molecule has 0 unspecified atom stereocenters. The second kappa shape index (κ2) is 5.61. The van der Waals surface area contributed by atoms with Gasteiger partial charge in [0.25, 0.3) is 5.91 Å². The Morgan fingerprint density at radius 3 is 2.76 bits per heavy atom. The van der Waals surface area contributed by atoms with E-state index in [0.717, 1.165) is 21.6 Å². The van der Waals surface area contributed by atoms with Gasteiger partial charge >= 0.3 is 0 Å². The van der Waals surface area contributed by atoms with Crippen LogP contribution in [0.5, 0.6) is 0 Å². The summed E-state index contributed by atoms with van der Waals surface area (Å²) in [4.78, 5) is 17.6. The summed E-state index contributed by atoms with van der Waals surface area (Å²) in [5, 5.41) is 2.70. The Hall–Kier alpha value is -2.27. The molecule has 3 rings (SSSR count). The highest BCUT2D eigenvalue weighted by Crippen LogP contribution is 2.30. The molecule has 0 aliphatic carbocycles. The smallest absolute Gasteiger partial charge is 0.253 e. The third-order valence-corrected chi connectivity index (χ3v) is 4.15. The van der Waals surface area contributed by atoms with Crippen LogP contribution in [0.4, 0.5) is 0 Å². The molecule has 2 aromatic carbocycles. The summed E-state index contributed by atoms with van der Waals surface area (Å²) in [6, 6.07) is 13.7. The number of imidazole rings is 1. The standard InChI is InChI=1S/C16H15N3OS/c1-17-16(20)11-6-5-9-14(21-2)15(11)19-10-18-12-7-3-4-8-13(12)19/h3-10H,1-2H3,(H,17,20). The van der Waals surface area contributed by atoms with Crippen molar-refractivity contribution >= 4 is 28.7 Å². The third kappa shape index (κ3) is 2.29. The van der Waals surface area contributed by atoms with Gasteiger partial charge in [0.15, 0.2) is 0 Å².